The third-order valence-electron chi connectivity index (χ3n) is 3.51. The van der Waals surface area contributed by atoms with Gasteiger partial charge in [0.2, 0.25) is 0 Å². The van der Waals surface area contributed by atoms with Crippen molar-refractivity contribution in [3.63, 3.8) is 0 Å². The van der Waals surface area contributed by atoms with Crippen LogP contribution in [0.15, 0.2) is 52.5 Å². The molecule has 0 unspecified atom stereocenters. The Bertz CT molecular complexity index is 809. The van der Waals surface area contributed by atoms with E-state index in [4.69, 9.17) is 4.42 Å². The maximum absolute atomic E-state index is 12.4. The molecule has 1 aromatic carbocycles. The van der Waals surface area contributed by atoms with Gasteiger partial charge in [-0.05, 0) is 37.6 Å². The fraction of sp³-hybridized carbons (Fsp3) is 0.235. The highest BCUT2D eigenvalue weighted by Gasteiger charge is 2.13. The van der Waals surface area contributed by atoms with Crippen molar-refractivity contribution in [2.24, 2.45) is 0 Å². The van der Waals surface area contributed by atoms with Gasteiger partial charge in [0.15, 0.2) is 10.9 Å². The lowest BCUT2D eigenvalue weighted by atomic mass is 10.0. The van der Waals surface area contributed by atoms with Gasteiger partial charge in [-0.2, -0.15) is 0 Å². The van der Waals surface area contributed by atoms with Gasteiger partial charge in [0, 0.05) is 5.56 Å². The summed E-state index contributed by atoms with van der Waals surface area (Å²) < 4.78 is 7.21. The number of hydrogen-bond donors (Lipinski definition) is 0. The van der Waals surface area contributed by atoms with E-state index in [0.717, 1.165) is 22.5 Å². The number of rotatable bonds is 6. The highest BCUT2D eigenvalue weighted by molar-refractivity contribution is 7.99. The summed E-state index contributed by atoms with van der Waals surface area (Å²) in [5, 5.41) is 8.72. The summed E-state index contributed by atoms with van der Waals surface area (Å²) in [4.78, 5) is 12.4. The van der Waals surface area contributed by atoms with Gasteiger partial charge in [-0.1, -0.05) is 29.5 Å². The third kappa shape index (κ3) is 3.71. The number of Topliss-reactive ketones (excluding diaryl/α,β-unsaturated/α-hetero) is 1. The van der Waals surface area contributed by atoms with E-state index in [1.165, 1.54) is 11.8 Å². The first-order valence-electron chi connectivity index (χ1n) is 7.27. The predicted octanol–water partition coefficient (Wildman–Crippen LogP) is 3.51. The average Bonchev–Trinajstić information content (AvgIpc) is 3.20. The van der Waals surface area contributed by atoms with Crippen molar-refractivity contribution in [1.82, 2.24) is 14.8 Å². The van der Waals surface area contributed by atoms with Gasteiger partial charge in [-0.3, -0.25) is 4.79 Å². The number of ketones is 1. The molecular weight excluding hydrogens is 310 g/mol. The number of thioether (sulfide) groups is 1. The normalized spacial score (nSPS) is 10.9. The number of carbonyl (C=O) groups excluding carboxylic acids is 1. The molecule has 3 rings (SSSR count). The van der Waals surface area contributed by atoms with Crippen LogP contribution in [-0.4, -0.2) is 26.3 Å². The average molecular weight is 327 g/mol. The molecule has 3 aromatic rings. The zero-order valence-corrected chi connectivity index (χ0v) is 13.8. The Hall–Kier alpha value is -2.34. The lowest BCUT2D eigenvalue weighted by Gasteiger charge is -2.07. The molecule has 2 aromatic heterocycles. The number of furan rings is 1. The number of aryl methyl sites for hydroxylation is 2. The van der Waals surface area contributed by atoms with Crippen LogP contribution in [0.2, 0.25) is 0 Å². The molecule has 2 heterocycles. The van der Waals surface area contributed by atoms with Crippen LogP contribution in [0.1, 0.15) is 27.2 Å². The second-order valence-electron chi connectivity index (χ2n) is 5.35. The van der Waals surface area contributed by atoms with E-state index < -0.39 is 0 Å². The van der Waals surface area contributed by atoms with Crippen LogP contribution in [0.25, 0.3) is 0 Å². The summed E-state index contributed by atoms with van der Waals surface area (Å²) in [5.41, 5.74) is 2.86. The van der Waals surface area contributed by atoms with Crippen molar-refractivity contribution in [2.45, 2.75) is 25.5 Å². The van der Waals surface area contributed by atoms with E-state index in [0.29, 0.717) is 17.5 Å². The van der Waals surface area contributed by atoms with Crippen molar-refractivity contribution in [2.75, 3.05) is 5.75 Å². The standard InChI is InChI=1S/C17H17N3O2S/c1-12-5-6-13(2)15(8-12)16(21)10-23-17-19-18-11-20(17)9-14-4-3-7-22-14/h3-8,11H,9-10H2,1-2H3. The van der Waals surface area contributed by atoms with Gasteiger partial charge in [0.05, 0.1) is 18.6 Å². The Balaban J connectivity index is 1.68. The Morgan fingerprint density at radius 2 is 2.17 bits per heavy atom. The Morgan fingerprint density at radius 1 is 1.30 bits per heavy atom. The monoisotopic (exact) mass is 327 g/mol. The molecular formula is C17H17N3O2S. The molecule has 0 saturated heterocycles. The Kier molecular flexibility index (Phi) is 4.62. The topological polar surface area (TPSA) is 60.9 Å². The molecule has 0 fully saturated rings. The molecule has 0 bridgehead atoms. The fourth-order valence-corrected chi connectivity index (χ4v) is 3.08. The van der Waals surface area contributed by atoms with E-state index in [9.17, 15) is 4.79 Å². The molecule has 5 nitrogen and oxygen atoms in total. The van der Waals surface area contributed by atoms with E-state index in [1.54, 1.807) is 12.6 Å². The van der Waals surface area contributed by atoms with Crippen LogP contribution >= 0.6 is 11.8 Å². The van der Waals surface area contributed by atoms with E-state index in [-0.39, 0.29) is 5.78 Å². The summed E-state index contributed by atoms with van der Waals surface area (Å²) in [7, 11) is 0. The second kappa shape index (κ2) is 6.83. The first-order chi connectivity index (χ1) is 11.1. The lowest BCUT2D eigenvalue weighted by molar-refractivity contribution is 0.102. The van der Waals surface area contributed by atoms with Crippen molar-refractivity contribution in [3.8, 4) is 0 Å². The number of benzene rings is 1. The Morgan fingerprint density at radius 3 is 2.96 bits per heavy atom. The van der Waals surface area contributed by atoms with Crippen LogP contribution in [-0.2, 0) is 6.54 Å². The van der Waals surface area contributed by atoms with Crippen molar-refractivity contribution >= 4 is 17.5 Å². The van der Waals surface area contributed by atoms with E-state index >= 15 is 0 Å². The molecule has 0 saturated carbocycles. The zero-order valence-electron chi connectivity index (χ0n) is 13.0. The molecule has 23 heavy (non-hydrogen) atoms. The third-order valence-corrected chi connectivity index (χ3v) is 4.49. The van der Waals surface area contributed by atoms with Gasteiger partial charge in [0.25, 0.3) is 0 Å². The molecule has 118 valence electrons. The van der Waals surface area contributed by atoms with Crippen LogP contribution in [0.3, 0.4) is 0 Å². The van der Waals surface area contributed by atoms with Crippen molar-refractivity contribution in [1.29, 1.82) is 0 Å². The predicted molar refractivity (Wildman–Crippen MR) is 88.8 cm³/mol. The summed E-state index contributed by atoms with van der Waals surface area (Å²) >= 11 is 1.39. The molecule has 0 aliphatic heterocycles. The lowest BCUT2D eigenvalue weighted by Crippen LogP contribution is -2.07. The number of aromatic nitrogens is 3. The number of carbonyl (C=O) groups is 1. The maximum Gasteiger partial charge on any atom is 0.191 e. The van der Waals surface area contributed by atoms with E-state index in [2.05, 4.69) is 10.2 Å². The highest BCUT2D eigenvalue weighted by Crippen LogP contribution is 2.20. The van der Waals surface area contributed by atoms with Gasteiger partial charge in [-0.25, -0.2) is 0 Å². The van der Waals surface area contributed by atoms with Crippen molar-refractivity contribution < 1.29 is 9.21 Å². The van der Waals surface area contributed by atoms with Crippen LogP contribution in [0.5, 0.6) is 0 Å². The quantitative estimate of drug-likeness (QED) is 0.512. The minimum absolute atomic E-state index is 0.101. The number of hydrogen-bond acceptors (Lipinski definition) is 5. The molecule has 0 aliphatic carbocycles. The smallest absolute Gasteiger partial charge is 0.191 e. The summed E-state index contributed by atoms with van der Waals surface area (Å²) in [6.07, 6.45) is 3.28. The highest BCUT2D eigenvalue weighted by atomic mass is 32.2. The van der Waals surface area contributed by atoms with Gasteiger partial charge >= 0.3 is 0 Å². The molecule has 0 spiro atoms. The minimum atomic E-state index is 0.101. The number of nitrogens with zero attached hydrogens (tertiary/aromatic N) is 3. The largest absolute Gasteiger partial charge is 0.467 e. The summed E-state index contributed by atoms with van der Waals surface area (Å²) in [6.45, 7) is 4.50. The second-order valence-corrected chi connectivity index (χ2v) is 6.29. The molecule has 0 aliphatic rings. The van der Waals surface area contributed by atoms with Gasteiger partial charge < -0.3 is 8.98 Å². The molecule has 0 atom stereocenters. The van der Waals surface area contributed by atoms with Gasteiger partial charge in [0.1, 0.15) is 12.1 Å². The molecule has 0 amide bonds. The molecule has 0 N–H and O–H groups in total. The minimum Gasteiger partial charge on any atom is -0.467 e. The SMILES string of the molecule is Cc1ccc(C)c(C(=O)CSc2nncn2Cc2ccco2)c1. The van der Waals surface area contributed by atoms with Crippen LogP contribution in [0.4, 0.5) is 0 Å². The first-order valence-corrected chi connectivity index (χ1v) is 8.25. The first kappa shape index (κ1) is 15.6. The van der Waals surface area contributed by atoms with Gasteiger partial charge in [-0.15, -0.1) is 10.2 Å². The Labute approximate surface area is 138 Å². The zero-order chi connectivity index (χ0) is 16.2. The van der Waals surface area contributed by atoms with Crippen molar-refractivity contribution in [3.05, 3.63) is 65.4 Å². The van der Waals surface area contributed by atoms with E-state index in [1.807, 2.05) is 48.7 Å². The van der Waals surface area contributed by atoms with Crippen LogP contribution < -0.4 is 0 Å². The fourth-order valence-electron chi connectivity index (χ4n) is 2.28. The molecule has 0 radical (unpaired) electrons. The summed E-state index contributed by atoms with van der Waals surface area (Å²) in [5.74, 6) is 1.26. The maximum atomic E-state index is 12.4. The van der Waals surface area contributed by atoms with Crippen LogP contribution in [0, 0.1) is 13.8 Å². The molecule has 6 heteroatoms. The summed E-state index contributed by atoms with van der Waals surface area (Å²) in [6, 6.07) is 9.67.